The molecule has 1 amide bonds. The third kappa shape index (κ3) is 8.92. The average Bonchev–Trinajstić information content (AvgIpc) is 3.86. The summed E-state index contributed by atoms with van der Waals surface area (Å²) in [6, 6.07) is 6.05. The molecule has 0 aromatic carbocycles. The van der Waals surface area contributed by atoms with Gasteiger partial charge in [-0.3, -0.25) is 19.4 Å². The molecule has 12 nitrogen and oxygen atoms in total. The molecule has 0 aliphatic carbocycles. The third-order valence-corrected chi connectivity index (χ3v) is 10.7. The van der Waals surface area contributed by atoms with Crippen LogP contribution < -0.4 is 5.32 Å². The van der Waals surface area contributed by atoms with Crippen LogP contribution in [0.4, 0.5) is 0 Å². The van der Waals surface area contributed by atoms with Gasteiger partial charge in [-0.15, -0.1) is 0 Å². The summed E-state index contributed by atoms with van der Waals surface area (Å²) in [5.74, 6) is -1.61. The van der Waals surface area contributed by atoms with E-state index in [0.29, 0.717) is 66.3 Å². The summed E-state index contributed by atoms with van der Waals surface area (Å²) < 4.78 is 21.5. The first-order valence-corrected chi connectivity index (χ1v) is 19.1. The summed E-state index contributed by atoms with van der Waals surface area (Å²) in [5.41, 5.74) is 11.6. The number of esters is 2. The van der Waals surface area contributed by atoms with Gasteiger partial charge in [0.1, 0.15) is 0 Å². The van der Waals surface area contributed by atoms with Crippen LogP contribution in [-0.2, 0) is 35.0 Å². The highest BCUT2D eigenvalue weighted by Gasteiger charge is 2.34. The van der Waals surface area contributed by atoms with Crippen molar-refractivity contribution in [1.82, 2.24) is 25.3 Å². The van der Waals surface area contributed by atoms with Gasteiger partial charge in [0.2, 0.25) is 0 Å². The fourth-order valence-corrected chi connectivity index (χ4v) is 7.50. The first-order valence-electron chi connectivity index (χ1n) is 19.1. The summed E-state index contributed by atoms with van der Waals surface area (Å²) in [7, 11) is 2.71. The van der Waals surface area contributed by atoms with Crippen LogP contribution in [0.25, 0.3) is 39.3 Å². The number of hydrogen-bond donors (Lipinski definition) is 3. The lowest BCUT2D eigenvalue weighted by Gasteiger charge is -2.18. The number of allylic oxidation sites excluding steroid dienone is 2. The molecule has 294 valence electrons. The number of nitrogens with one attached hydrogen (secondary N) is 3. The van der Waals surface area contributed by atoms with Crippen LogP contribution in [0.2, 0.25) is 0 Å². The van der Waals surface area contributed by atoms with Crippen molar-refractivity contribution in [3.05, 3.63) is 75.4 Å². The molecule has 12 heteroatoms. The minimum Gasteiger partial charge on any atom is -0.469 e. The van der Waals surface area contributed by atoms with E-state index in [9.17, 15) is 14.4 Å². The number of methoxy groups -OCH3 is 2. The standard InChI is InChI=1S/C43H55N5O7/c1-10-16-54-18-19-55-17-15-44-43(51)40-27(7)35-23-37-29(12-3)25(5)33(46-37)22-36-28(11-2)24(4)32(45-36)21-34-26(6)30(13-14-38(49)52-8)41(47-34)31(42(40)48-35)20-39(50)53-9/h11,21-23,26,30,45,48H,2,10,12-20H2,1,3-9H3,(H,44,51). The number of fused-ring (bicyclic) bond motifs is 8. The van der Waals surface area contributed by atoms with Crippen LogP contribution >= 0.6 is 0 Å². The molecule has 5 heterocycles. The molecule has 55 heavy (non-hydrogen) atoms. The zero-order valence-electron chi connectivity index (χ0n) is 33.5. The summed E-state index contributed by atoms with van der Waals surface area (Å²) in [5, 5.41) is 3.03. The molecule has 2 unspecified atom stereocenters. The molecule has 3 aromatic rings. The normalized spacial score (nSPS) is 15.3. The van der Waals surface area contributed by atoms with Crippen LogP contribution in [-0.4, -0.2) is 85.0 Å². The molecule has 0 fully saturated rings. The third-order valence-electron chi connectivity index (χ3n) is 10.7. The zero-order chi connectivity index (χ0) is 39.8. The Kier molecular flexibility index (Phi) is 13.8. The van der Waals surface area contributed by atoms with Gasteiger partial charge < -0.3 is 34.2 Å². The van der Waals surface area contributed by atoms with Gasteiger partial charge in [0.05, 0.1) is 68.6 Å². The minimum absolute atomic E-state index is 0.147. The molecule has 8 bridgehead atoms. The van der Waals surface area contributed by atoms with Gasteiger partial charge in [-0.05, 0) is 80.5 Å². The van der Waals surface area contributed by atoms with Crippen molar-refractivity contribution in [3.8, 4) is 0 Å². The highest BCUT2D eigenvalue weighted by Crippen LogP contribution is 2.43. The van der Waals surface area contributed by atoms with E-state index in [1.807, 2.05) is 39.0 Å². The molecule has 2 aliphatic rings. The van der Waals surface area contributed by atoms with E-state index < -0.39 is 5.97 Å². The number of rotatable bonds is 16. The smallest absolute Gasteiger partial charge is 0.310 e. The van der Waals surface area contributed by atoms with Gasteiger partial charge in [0.25, 0.3) is 5.91 Å². The van der Waals surface area contributed by atoms with Crippen LogP contribution in [0.5, 0.6) is 0 Å². The average molecular weight is 754 g/mol. The number of ether oxygens (including phenoxy) is 4. The molecule has 2 aliphatic heterocycles. The number of aryl methyl sites for hydroxylation is 2. The molecular weight excluding hydrogens is 699 g/mol. The molecule has 3 aromatic heterocycles. The Morgan fingerprint density at radius 3 is 2.24 bits per heavy atom. The Bertz CT molecular complexity index is 2140. The summed E-state index contributed by atoms with van der Waals surface area (Å²) in [6.45, 7) is 18.5. The van der Waals surface area contributed by atoms with Gasteiger partial charge in [-0.2, -0.15) is 0 Å². The maximum atomic E-state index is 14.3. The molecule has 2 atom stereocenters. The number of nitrogens with zero attached hydrogens (tertiary/aromatic N) is 2. The number of aromatic nitrogens is 4. The number of hydrogen-bond acceptors (Lipinski definition) is 9. The molecular formula is C43H55N5O7. The Balaban J connectivity index is 1.83. The second-order valence-electron chi connectivity index (χ2n) is 14.0. The van der Waals surface area contributed by atoms with Gasteiger partial charge in [0, 0.05) is 64.8 Å². The highest BCUT2D eigenvalue weighted by atomic mass is 16.5. The van der Waals surface area contributed by atoms with Crippen LogP contribution in [0.15, 0.2) is 24.8 Å². The number of H-pyrrole nitrogens is 2. The van der Waals surface area contributed by atoms with Crippen molar-refractivity contribution >= 4 is 57.1 Å². The van der Waals surface area contributed by atoms with Crippen LogP contribution in [0.3, 0.4) is 0 Å². The topological polar surface area (TPSA) is 158 Å². The fraction of sp³-hybridized carbons (Fsp3) is 0.465. The molecule has 5 rings (SSSR count). The van der Waals surface area contributed by atoms with Crippen molar-refractivity contribution in [3.63, 3.8) is 0 Å². The summed E-state index contributed by atoms with van der Waals surface area (Å²) in [4.78, 5) is 57.5. The lowest BCUT2D eigenvalue weighted by atomic mass is 9.85. The van der Waals surface area contributed by atoms with E-state index >= 15 is 0 Å². The maximum Gasteiger partial charge on any atom is 0.310 e. The van der Waals surface area contributed by atoms with E-state index in [2.05, 4.69) is 48.7 Å². The Morgan fingerprint density at radius 1 is 0.873 bits per heavy atom. The summed E-state index contributed by atoms with van der Waals surface area (Å²) in [6.07, 6.45) is 3.92. The lowest BCUT2D eigenvalue weighted by molar-refractivity contribution is -0.141. The van der Waals surface area contributed by atoms with Crippen LogP contribution in [0, 0.1) is 13.8 Å². The Hall–Kier alpha value is -5.07. The van der Waals surface area contributed by atoms with Gasteiger partial charge >= 0.3 is 11.9 Å². The Labute approximate surface area is 323 Å². The molecule has 3 N–H and O–H groups in total. The molecule has 0 saturated carbocycles. The van der Waals surface area contributed by atoms with Crippen molar-refractivity contribution in [2.75, 3.05) is 47.2 Å². The lowest BCUT2D eigenvalue weighted by Crippen LogP contribution is -2.28. The first kappa shape index (κ1) is 41.1. The van der Waals surface area contributed by atoms with E-state index in [1.54, 1.807) is 0 Å². The maximum absolute atomic E-state index is 14.3. The first-order chi connectivity index (χ1) is 26.5. The zero-order valence-corrected chi connectivity index (χ0v) is 33.5. The number of carbonyl (C=O) groups excluding carboxylic acids is 3. The second-order valence-corrected chi connectivity index (χ2v) is 14.0. The highest BCUT2D eigenvalue weighted by molar-refractivity contribution is 6.06. The van der Waals surface area contributed by atoms with Crippen molar-refractivity contribution in [2.24, 2.45) is 0 Å². The largest absolute Gasteiger partial charge is 0.469 e. The summed E-state index contributed by atoms with van der Waals surface area (Å²) >= 11 is 0. The van der Waals surface area contributed by atoms with Gasteiger partial charge in [0.15, 0.2) is 0 Å². The van der Waals surface area contributed by atoms with Crippen molar-refractivity contribution in [1.29, 1.82) is 0 Å². The van der Waals surface area contributed by atoms with Crippen LogP contribution in [0.1, 0.15) is 121 Å². The van der Waals surface area contributed by atoms with Crippen molar-refractivity contribution < 1.29 is 33.3 Å². The number of aromatic amines is 2. The SMILES string of the molecule is C=Cc1c(C)c2cc3nc(c(CC(=O)OC)c4[nH]c(cc5nc(cc1[nH]2)C(C)=C5CC)c(C)c4C(=O)NCCOCCOCCC)C(CCC(=O)OC)C3C. The molecule has 0 radical (unpaired) electrons. The van der Waals surface area contributed by atoms with E-state index in [4.69, 9.17) is 28.9 Å². The monoisotopic (exact) mass is 753 g/mol. The molecule has 0 spiro atoms. The van der Waals surface area contributed by atoms with E-state index in [1.165, 1.54) is 14.2 Å². The fourth-order valence-electron chi connectivity index (χ4n) is 7.50. The predicted molar refractivity (Wildman–Crippen MR) is 216 cm³/mol. The van der Waals surface area contributed by atoms with E-state index in [-0.39, 0.29) is 43.1 Å². The Morgan fingerprint density at radius 2 is 1.56 bits per heavy atom. The number of carbonyl (C=O) groups is 3. The minimum atomic E-state index is -0.492. The molecule has 0 saturated heterocycles. The van der Waals surface area contributed by atoms with Gasteiger partial charge in [-0.1, -0.05) is 33.4 Å². The van der Waals surface area contributed by atoms with E-state index in [0.717, 1.165) is 63.2 Å². The second kappa shape index (κ2) is 18.5. The van der Waals surface area contributed by atoms with Crippen molar-refractivity contribution in [2.45, 2.75) is 85.5 Å². The predicted octanol–water partition coefficient (Wildman–Crippen LogP) is 7.64. The quantitative estimate of drug-likeness (QED) is 0.0988. The van der Waals surface area contributed by atoms with Gasteiger partial charge in [-0.25, -0.2) is 4.98 Å². The number of amides is 1.